The Balaban J connectivity index is 2.31. The summed E-state index contributed by atoms with van der Waals surface area (Å²) in [5.74, 6) is 0. The van der Waals surface area contributed by atoms with Crippen molar-refractivity contribution in [2.24, 2.45) is 0 Å². The Morgan fingerprint density at radius 1 is 1.17 bits per heavy atom. The molecule has 1 aromatic heterocycles. The van der Waals surface area contributed by atoms with Crippen molar-refractivity contribution in [1.82, 2.24) is 4.98 Å². The first kappa shape index (κ1) is 11.7. The number of hydrogen-bond donors (Lipinski definition) is 2. The minimum Gasteiger partial charge on any atom is -0.423 e. The maximum atomic E-state index is 9.40. The molecule has 0 atom stereocenters. The molecule has 4 nitrogen and oxygen atoms in total. The monoisotopic (exact) mass is 243 g/mol. The number of ether oxygens (including phenoxy) is 1. The molecule has 0 saturated carbocycles. The van der Waals surface area contributed by atoms with E-state index in [1.807, 2.05) is 12.1 Å². The highest BCUT2D eigenvalue weighted by Gasteiger charge is 2.19. The first-order valence-corrected chi connectivity index (χ1v) is 6.10. The quantitative estimate of drug-likeness (QED) is 0.710. The summed E-state index contributed by atoms with van der Waals surface area (Å²) in [5.41, 5.74) is 3.40. The zero-order valence-electron chi connectivity index (χ0n) is 9.97. The summed E-state index contributed by atoms with van der Waals surface area (Å²) in [6.45, 7) is 1.31. The van der Waals surface area contributed by atoms with E-state index in [1.54, 1.807) is 12.3 Å². The van der Waals surface area contributed by atoms with Crippen LogP contribution in [0.15, 0.2) is 24.4 Å². The summed E-state index contributed by atoms with van der Waals surface area (Å²) in [4.78, 5) is 4.30. The Hall–Kier alpha value is -1.43. The summed E-state index contributed by atoms with van der Waals surface area (Å²) in [5, 5.41) is 19.8. The van der Waals surface area contributed by atoms with Gasteiger partial charge in [-0.1, -0.05) is 12.1 Å². The Kier molecular flexibility index (Phi) is 3.03. The lowest BCUT2D eigenvalue weighted by atomic mass is 9.77. The van der Waals surface area contributed by atoms with Crippen molar-refractivity contribution in [3.63, 3.8) is 0 Å². The maximum absolute atomic E-state index is 9.40. The molecule has 92 valence electrons. The molecule has 1 aliphatic heterocycles. The molecule has 0 saturated heterocycles. The molecule has 0 spiro atoms. The van der Waals surface area contributed by atoms with Gasteiger partial charge < -0.3 is 14.8 Å². The van der Waals surface area contributed by atoms with Crippen molar-refractivity contribution < 1.29 is 14.8 Å². The van der Waals surface area contributed by atoms with Crippen LogP contribution in [0.2, 0.25) is 0 Å². The molecule has 0 aliphatic carbocycles. The number of rotatable bonds is 1. The molecule has 2 aromatic rings. The lowest BCUT2D eigenvalue weighted by Crippen LogP contribution is -2.31. The number of hydrogen-bond acceptors (Lipinski definition) is 4. The molecule has 0 bridgehead atoms. The molecule has 0 unspecified atom stereocenters. The highest BCUT2D eigenvalue weighted by molar-refractivity contribution is 6.61. The first-order valence-electron chi connectivity index (χ1n) is 6.10. The summed E-state index contributed by atoms with van der Waals surface area (Å²) >= 11 is 0. The van der Waals surface area contributed by atoms with Crippen LogP contribution in [0.1, 0.15) is 17.5 Å². The van der Waals surface area contributed by atoms with Gasteiger partial charge in [0.05, 0.1) is 12.1 Å². The third kappa shape index (κ3) is 1.90. The van der Waals surface area contributed by atoms with E-state index >= 15 is 0 Å². The van der Waals surface area contributed by atoms with E-state index in [9.17, 15) is 10.0 Å². The molecule has 1 aliphatic rings. The van der Waals surface area contributed by atoms with Gasteiger partial charge in [0.25, 0.3) is 0 Å². The fourth-order valence-electron chi connectivity index (χ4n) is 2.52. The van der Waals surface area contributed by atoms with Gasteiger partial charge in [-0.3, -0.25) is 4.98 Å². The number of pyridine rings is 1. The Morgan fingerprint density at radius 2 is 2.06 bits per heavy atom. The van der Waals surface area contributed by atoms with Gasteiger partial charge in [0, 0.05) is 23.7 Å². The highest BCUT2D eigenvalue weighted by Crippen LogP contribution is 2.24. The molecule has 0 amide bonds. The second-order valence-corrected chi connectivity index (χ2v) is 4.54. The van der Waals surface area contributed by atoms with Gasteiger partial charge in [-0.25, -0.2) is 0 Å². The SMILES string of the molecule is OB(O)c1ccc2c3c(ccnc13)CCCOC2. The molecule has 3 rings (SSSR count). The molecule has 0 fully saturated rings. The van der Waals surface area contributed by atoms with Crippen molar-refractivity contribution in [2.45, 2.75) is 19.4 Å². The fraction of sp³-hybridized carbons (Fsp3) is 0.308. The van der Waals surface area contributed by atoms with E-state index < -0.39 is 7.12 Å². The molecule has 18 heavy (non-hydrogen) atoms. The van der Waals surface area contributed by atoms with E-state index in [2.05, 4.69) is 4.98 Å². The topological polar surface area (TPSA) is 62.6 Å². The average Bonchev–Trinajstić information content (AvgIpc) is 2.34. The maximum Gasteiger partial charge on any atom is 0.490 e. The standard InChI is InChI=1S/C13H14BNO3/c16-14(17)11-4-3-10-8-18-7-1-2-9-5-6-15-13(11)12(9)10/h3-6,16-17H,1-2,7-8H2. The van der Waals surface area contributed by atoms with Gasteiger partial charge in [-0.15, -0.1) is 0 Å². The van der Waals surface area contributed by atoms with Crippen LogP contribution in [-0.4, -0.2) is 28.8 Å². The van der Waals surface area contributed by atoms with E-state index in [1.165, 1.54) is 5.56 Å². The molecule has 2 N–H and O–H groups in total. The van der Waals surface area contributed by atoms with Crippen LogP contribution >= 0.6 is 0 Å². The minimum atomic E-state index is -1.49. The van der Waals surface area contributed by atoms with Gasteiger partial charge in [-0.05, 0) is 30.0 Å². The number of benzene rings is 1. The van der Waals surface area contributed by atoms with E-state index in [-0.39, 0.29) is 0 Å². The molecule has 2 heterocycles. The number of nitrogens with zero attached hydrogens (tertiary/aromatic N) is 1. The van der Waals surface area contributed by atoms with Crippen molar-refractivity contribution in [1.29, 1.82) is 0 Å². The second-order valence-electron chi connectivity index (χ2n) is 4.54. The predicted molar refractivity (Wildman–Crippen MR) is 69.5 cm³/mol. The van der Waals surface area contributed by atoms with E-state index in [0.29, 0.717) is 17.6 Å². The summed E-state index contributed by atoms with van der Waals surface area (Å²) in [6, 6.07) is 5.61. The van der Waals surface area contributed by atoms with Crippen LogP contribution in [0.3, 0.4) is 0 Å². The van der Waals surface area contributed by atoms with Gasteiger partial charge in [0.15, 0.2) is 0 Å². The lowest BCUT2D eigenvalue weighted by molar-refractivity contribution is 0.118. The number of aryl methyl sites for hydroxylation is 1. The van der Waals surface area contributed by atoms with Crippen molar-refractivity contribution in [3.05, 3.63) is 35.5 Å². The molecule has 5 heteroatoms. The van der Waals surface area contributed by atoms with E-state index in [4.69, 9.17) is 4.74 Å². The molecule has 1 aromatic carbocycles. The smallest absolute Gasteiger partial charge is 0.423 e. The summed E-state index contributed by atoms with van der Waals surface area (Å²) in [7, 11) is -1.49. The van der Waals surface area contributed by atoms with Crippen LogP contribution < -0.4 is 5.46 Å². The lowest BCUT2D eigenvalue weighted by Gasteiger charge is -2.17. The van der Waals surface area contributed by atoms with Crippen molar-refractivity contribution in [3.8, 4) is 0 Å². The van der Waals surface area contributed by atoms with Crippen LogP contribution in [0.4, 0.5) is 0 Å². The first-order chi connectivity index (χ1) is 8.77. The molecular weight excluding hydrogens is 229 g/mol. The summed E-state index contributed by atoms with van der Waals surface area (Å²) < 4.78 is 5.57. The third-order valence-corrected chi connectivity index (χ3v) is 3.37. The van der Waals surface area contributed by atoms with Gasteiger partial charge in [0.2, 0.25) is 0 Å². The van der Waals surface area contributed by atoms with Crippen molar-refractivity contribution in [2.75, 3.05) is 6.61 Å². The average molecular weight is 243 g/mol. The van der Waals surface area contributed by atoms with Crippen LogP contribution in [0.25, 0.3) is 10.9 Å². The van der Waals surface area contributed by atoms with Crippen LogP contribution in [-0.2, 0) is 17.8 Å². The molecule has 0 radical (unpaired) electrons. The van der Waals surface area contributed by atoms with Gasteiger partial charge in [0.1, 0.15) is 0 Å². The number of aromatic nitrogens is 1. The third-order valence-electron chi connectivity index (χ3n) is 3.37. The largest absolute Gasteiger partial charge is 0.490 e. The second kappa shape index (κ2) is 4.68. The van der Waals surface area contributed by atoms with Gasteiger partial charge in [-0.2, -0.15) is 0 Å². The normalized spacial score (nSPS) is 15.2. The van der Waals surface area contributed by atoms with Crippen molar-refractivity contribution >= 4 is 23.5 Å². The Labute approximate surface area is 105 Å². The Bertz CT molecular complexity index is 573. The highest BCUT2D eigenvalue weighted by atomic mass is 16.5. The zero-order chi connectivity index (χ0) is 12.5. The van der Waals surface area contributed by atoms with Gasteiger partial charge >= 0.3 is 7.12 Å². The predicted octanol–water partition coefficient (Wildman–Crippen LogP) is 0.377. The summed E-state index contributed by atoms with van der Waals surface area (Å²) in [6.07, 6.45) is 3.64. The van der Waals surface area contributed by atoms with Crippen LogP contribution in [0, 0.1) is 0 Å². The van der Waals surface area contributed by atoms with Crippen LogP contribution in [0.5, 0.6) is 0 Å². The fourth-order valence-corrected chi connectivity index (χ4v) is 2.52. The zero-order valence-corrected chi connectivity index (χ0v) is 9.97. The Morgan fingerprint density at radius 3 is 2.89 bits per heavy atom. The molecular formula is C13H14BNO3. The minimum absolute atomic E-state index is 0.455. The van der Waals surface area contributed by atoms with E-state index in [0.717, 1.165) is 30.4 Å².